The maximum absolute atomic E-state index is 13.1. The summed E-state index contributed by atoms with van der Waals surface area (Å²) in [5.41, 5.74) is 19.5. The fourth-order valence-electron chi connectivity index (χ4n) is 7.16. The minimum atomic E-state index is -3.00. The molecule has 0 aliphatic rings. The molecule has 9 N–H and O–H groups in total. The quantitative estimate of drug-likeness (QED) is 0.0290. The molecule has 0 aliphatic heterocycles. The number of hydrogen-bond acceptors (Lipinski definition) is 21. The van der Waals surface area contributed by atoms with E-state index in [0.717, 1.165) is 11.1 Å². The molecule has 3 aromatic carbocycles. The van der Waals surface area contributed by atoms with Crippen molar-refractivity contribution in [2.45, 2.75) is 39.5 Å². The number of nitrogen functional groups attached to an aromatic ring is 3. The number of nitrogens with one attached hydrogen (secondary N) is 3. The molecule has 80 heavy (non-hydrogen) atoms. The molecule has 6 aromatic heterocycles. The van der Waals surface area contributed by atoms with Crippen LogP contribution in [0.1, 0.15) is 16.7 Å². The summed E-state index contributed by atoms with van der Waals surface area (Å²) in [6.45, 7) is 6.86. The van der Waals surface area contributed by atoms with Gasteiger partial charge in [-0.25, -0.2) is 19.3 Å². The summed E-state index contributed by atoms with van der Waals surface area (Å²) in [5.74, 6) is -0.335. The molecule has 426 valence electrons. The van der Waals surface area contributed by atoms with Crippen molar-refractivity contribution in [2.75, 3.05) is 76.1 Å². The molecular formula is C48H58ClFN15O12P3. The monoisotopic (exact) mass is 1180 g/mol. The van der Waals surface area contributed by atoms with Crippen LogP contribution in [0.15, 0.2) is 112 Å². The van der Waals surface area contributed by atoms with Crippen LogP contribution in [0.2, 0.25) is 5.02 Å². The van der Waals surface area contributed by atoms with Crippen LogP contribution in [0.5, 0.6) is 0 Å². The van der Waals surface area contributed by atoms with Gasteiger partial charge in [-0.15, -0.1) is 0 Å². The van der Waals surface area contributed by atoms with Crippen molar-refractivity contribution in [2.24, 2.45) is 0 Å². The second-order valence-electron chi connectivity index (χ2n) is 17.9. The van der Waals surface area contributed by atoms with Crippen LogP contribution in [-0.4, -0.2) is 117 Å². The van der Waals surface area contributed by atoms with Crippen LogP contribution in [0.4, 0.5) is 22.2 Å². The van der Waals surface area contributed by atoms with Gasteiger partial charge in [-0.2, -0.15) is 15.0 Å². The standard InChI is InChI=1S/C16H19ClN5O4P.C16H19FN5O4P.C16H20N5O4P/c2*1-27(24,26-8-11-3-2-4-12(17)7-11)10-25-6-5-22-9-19-13-14(22)20-16(18)21-15(13)23;1-26(23,25-9-12-5-3-2-4-6-12)11-24-8-7-21-10-18-13-14(21)19-16(17)20-15(13)22/h2*2-4,7,9H,5-6,8,10H2,1H3,(H3,18,20,21,23);2-6,10H,7-9,11H2,1H3,(H3,17,19,20,22). The highest BCUT2D eigenvalue weighted by molar-refractivity contribution is 7.58. The van der Waals surface area contributed by atoms with Crippen LogP contribution >= 0.6 is 33.7 Å². The van der Waals surface area contributed by atoms with Crippen LogP contribution in [-0.2, 0) is 80.9 Å². The molecule has 0 aliphatic carbocycles. The van der Waals surface area contributed by atoms with E-state index >= 15 is 0 Å². The van der Waals surface area contributed by atoms with E-state index in [4.69, 9.17) is 56.6 Å². The van der Waals surface area contributed by atoms with Gasteiger partial charge >= 0.3 is 0 Å². The van der Waals surface area contributed by atoms with Crippen LogP contribution in [0.25, 0.3) is 33.5 Å². The van der Waals surface area contributed by atoms with Crippen molar-refractivity contribution in [1.82, 2.24) is 58.6 Å². The maximum Gasteiger partial charge on any atom is 0.280 e. The Bertz CT molecular complexity index is 3710. The van der Waals surface area contributed by atoms with E-state index in [-0.39, 0.29) is 104 Å². The molecule has 3 unspecified atom stereocenters. The Morgan fingerprint density at radius 2 is 0.863 bits per heavy atom. The highest BCUT2D eigenvalue weighted by atomic mass is 35.5. The highest BCUT2D eigenvalue weighted by Gasteiger charge is 2.20. The van der Waals surface area contributed by atoms with Gasteiger partial charge in [0, 0.05) is 44.7 Å². The van der Waals surface area contributed by atoms with Crippen molar-refractivity contribution >= 4 is 85.0 Å². The third-order valence-corrected chi connectivity index (χ3v) is 15.2. The average Bonchev–Trinajstić information content (AvgIpc) is 4.17. The molecule has 27 nitrogen and oxygen atoms in total. The number of H-pyrrole nitrogens is 3. The normalized spacial score (nSPS) is 13.7. The fourth-order valence-corrected chi connectivity index (χ4v) is 10.2. The number of nitrogens with zero attached hydrogens (tertiary/aromatic N) is 9. The number of anilines is 3. The number of imidazole rings is 3. The van der Waals surface area contributed by atoms with Crippen molar-refractivity contribution in [1.29, 1.82) is 0 Å². The van der Waals surface area contributed by atoms with E-state index < -0.39 is 33.2 Å². The Morgan fingerprint density at radius 3 is 1.24 bits per heavy atom. The van der Waals surface area contributed by atoms with E-state index in [1.165, 1.54) is 44.4 Å². The minimum absolute atomic E-state index is 0.000948. The molecule has 32 heteroatoms. The van der Waals surface area contributed by atoms with Crippen molar-refractivity contribution in [3.05, 3.63) is 156 Å². The van der Waals surface area contributed by atoms with E-state index in [2.05, 4.69) is 44.9 Å². The van der Waals surface area contributed by atoms with Gasteiger partial charge in [0.2, 0.25) is 40.0 Å². The molecule has 0 radical (unpaired) electrons. The molecular weight excluding hydrogens is 1130 g/mol. The lowest BCUT2D eigenvalue weighted by Crippen LogP contribution is -2.13. The Kier molecular flexibility index (Phi) is 21.0. The van der Waals surface area contributed by atoms with Gasteiger partial charge in [-0.05, 0) is 41.0 Å². The van der Waals surface area contributed by atoms with E-state index in [1.807, 2.05) is 36.4 Å². The van der Waals surface area contributed by atoms with Gasteiger partial charge in [0.25, 0.3) is 16.7 Å². The molecule has 0 saturated carbocycles. The van der Waals surface area contributed by atoms with Crippen molar-refractivity contribution < 1.29 is 45.9 Å². The summed E-state index contributed by atoms with van der Waals surface area (Å²) in [5, 5.41) is 0.596. The summed E-state index contributed by atoms with van der Waals surface area (Å²) >= 11 is 5.92. The summed E-state index contributed by atoms with van der Waals surface area (Å²) < 4.78 is 88.1. The molecule has 6 heterocycles. The molecule has 0 bridgehead atoms. The number of halogens is 2. The number of aromatic amines is 3. The number of nitrogens with two attached hydrogens (primary N) is 3. The lowest BCUT2D eigenvalue weighted by atomic mass is 10.2. The SMILES string of the molecule is CP(=O)(COCCn1cnc2c(=O)[nH]c(N)nc21)OCc1cccc(Cl)c1.CP(=O)(COCCn1cnc2c(=O)[nH]c(N)nc21)OCc1cccc(F)c1.CP(=O)(COCCn1cnc2c(=O)[nH]c(N)nc21)OCc1ccccc1. The first-order valence-corrected chi connectivity index (χ1v) is 31.3. The predicted octanol–water partition coefficient (Wildman–Crippen LogP) is 6.19. The topological polar surface area (TPSA) is 375 Å². The van der Waals surface area contributed by atoms with Crippen LogP contribution in [0, 0.1) is 5.82 Å². The summed E-state index contributed by atoms with van der Waals surface area (Å²) in [4.78, 5) is 66.6. The predicted molar refractivity (Wildman–Crippen MR) is 299 cm³/mol. The third kappa shape index (κ3) is 18.2. The summed E-state index contributed by atoms with van der Waals surface area (Å²) in [6, 6.07) is 22.6. The zero-order valence-corrected chi connectivity index (χ0v) is 46.9. The maximum atomic E-state index is 13.1. The van der Waals surface area contributed by atoms with E-state index in [0.29, 0.717) is 47.2 Å². The number of benzene rings is 3. The zero-order valence-electron chi connectivity index (χ0n) is 43.5. The van der Waals surface area contributed by atoms with Gasteiger partial charge in [-0.1, -0.05) is 66.2 Å². The number of fused-ring (bicyclic) bond motifs is 3. The van der Waals surface area contributed by atoms with Crippen LogP contribution < -0.4 is 33.9 Å². The largest absolute Gasteiger partial charge is 0.370 e. The molecule has 0 fully saturated rings. The molecule has 0 spiro atoms. The number of aromatic nitrogens is 12. The molecule has 9 rings (SSSR count). The number of hydrogen-bond donors (Lipinski definition) is 6. The molecule has 0 saturated heterocycles. The smallest absolute Gasteiger partial charge is 0.280 e. The summed E-state index contributed by atoms with van der Waals surface area (Å²) in [7, 11) is -8.79. The lowest BCUT2D eigenvalue weighted by Gasteiger charge is -2.14. The first-order valence-electron chi connectivity index (χ1n) is 24.1. The van der Waals surface area contributed by atoms with E-state index in [1.54, 1.807) is 50.7 Å². The van der Waals surface area contributed by atoms with Gasteiger partial charge in [0.05, 0.1) is 58.6 Å². The van der Waals surface area contributed by atoms with Gasteiger partial charge in [-0.3, -0.25) is 43.0 Å². The summed E-state index contributed by atoms with van der Waals surface area (Å²) in [6.07, 6.45) is 4.32. The molecule has 3 atom stereocenters. The third-order valence-electron chi connectivity index (χ3n) is 11.0. The second kappa shape index (κ2) is 27.8. The van der Waals surface area contributed by atoms with Gasteiger partial charge in [0.15, 0.2) is 33.5 Å². The molecule has 9 aromatic rings. The van der Waals surface area contributed by atoms with Crippen molar-refractivity contribution in [3.63, 3.8) is 0 Å². The Hall–Kier alpha value is -7.22. The van der Waals surface area contributed by atoms with E-state index in [9.17, 15) is 32.5 Å². The second-order valence-corrected chi connectivity index (χ2v) is 26.0. The first-order chi connectivity index (χ1) is 38.1. The Balaban J connectivity index is 0.000000173. The lowest BCUT2D eigenvalue weighted by molar-refractivity contribution is 0.153. The number of ether oxygens (including phenoxy) is 3. The highest BCUT2D eigenvalue weighted by Crippen LogP contribution is 2.45. The van der Waals surface area contributed by atoms with Crippen LogP contribution in [0.3, 0.4) is 0 Å². The zero-order chi connectivity index (χ0) is 57.5. The first kappa shape index (κ1) is 60.4. The minimum Gasteiger partial charge on any atom is -0.370 e. The fraction of sp³-hybridized carbons (Fsp3) is 0.312. The Morgan fingerprint density at radius 1 is 0.512 bits per heavy atom. The van der Waals surface area contributed by atoms with Crippen molar-refractivity contribution in [3.8, 4) is 0 Å². The Labute approximate surface area is 459 Å². The van der Waals surface area contributed by atoms with Gasteiger partial charge < -0.3 is 58.7 Å². The molecule has 0 amide bonds. The van der Waals surface area contributed by atoms with Gasteiger partial charge in [0.1, 0.15) is 24.9 Å². The number of rotatable bonds is 24. The average molecular weight is 1180 g/mol.